The van der Waals surface area contributed by atoms with Crippen molar-refractivity contribution in [2.45, 2.75) is 41.0 Å². The number of benzene rings is 1. The minimum atomic E-state index is -0.177. The van der Waals surface area contributed by atoms with Gasteiger partial charge in [0.25, 0.3) is 0 Å². The predicted molar refractivity (Wildman–Crippen MR) is 97.2 cm³/mol. The summed E-state index contributed by atoms with van der Waals surface area (Å²) in [5.41, 5.74) is 2.60. The minimum Gasteiger partial charge on any atom is -0.449 e. The molecule has 2 rings (SSSR count). The fourth-order valence-electron chi connectivity index (χ4n) is 2.55. The van der Waals surface area contributed by atoms with Crippen molar-refractivity contribution in [3.05, 3.63) is 29.8 Å². The van der Waals surface area contributed by atoms with Crippen molar-refractivity contribution in [1.29, 1.82) is 0 Å². The van der Waals surface area contributed by atoms with Crippen molar-refractivity contribution in [2.75, 3.05) is 37.7 Å². The van der Waals surface area contributed by atoms with Gasteiger partial charge in [-0.3, -0.25) is 0 Å². The van der Waals surface area contributed by atoms with Crippen LogP contribution in [-0.4, -0.2) is 43.8 Å². The molecule has 0 saturated carbocycles. The van der Waals surface area contributed by atoms with Crippen LogP contribution in [0.4, 0.5) is 10.5 Å². The highest BCUT2D eigenvalue weighted by molar-refractivity contribution is 5.68. The highest BCUT2D eigenvalue weighted by atomic mass is 16.6. The Morgan fingerprint density at radius 1 is 1.04 bits per heavy atom. The van der Waals surface area contributed by atoms with Crippen molar-refractivity contribution < 1.29 is 9.53 Å². The molecule has 23 heavy (non-hydrogen) atoms. The summed E-state index contributed by atoms with van der Waals surface area (Å²) in [6.45, 7) is 12.2. The van der Waals surface area contributed by atoms with Gasteiger partial charge in [0.1, 0.15) is 0 Å². The van der Waals surface area contributed by atoms with Gasteiger partial charge >= 0.3 is 6.09 Å². The zero-order valence-corrected chi connectivity index (χ0v) is 14.2. The molecule has 1 fully saturated rings. The zero-order chi connectivity index (χ0) is 16.1. The van der Waals surface area contributed by atoms with Crippen LogP contribution in [0.15, 0.2) is 24.3 Å². The average Bonchev–Trinajstić information content (AvgIpc) is 2.53. The lowest BCUT2D eigenvalue weighted by atomic mass is 10.0. The number of amides is 1. The largest absolute Gasteiger partial charge is 0.449 e. The number of piperazine rings is 1. The van der Waals surface area contributed by atoms with Crippen molar-refractivity contribution in [3.63, 3.8) is 0 Å². The first kappa shape index (κ1) is 19.3. The summed E-state index contributed by atoms with van der Waals surface area (Å²) in [5, 5.41) is 0. The van der Waals surface area contributed by atoms with Crippen LogP contribution in [0.3, 0.4) is 0 Å². The van der Waals surface area contributed by atoms with Crippen molar-refractivity contribution in [1.82, 2.24) is 4.90 Å². The van der Waals surface area contributed by atoms with Crippen molar-refractivity contribution in [3.8, 4) is 0 Å². The minimum absolute atomic E-state index is 0. The molecule has 0 atom stereocenters. The number of rotatable bonds is 4. The topological polar surface area (TPSA) is 32.8 Å². The van der Waals surface area contributed by atoms with Crippen LogP contribution in [0.2, 0.25) is 0 Å². The number of hydrogen-bond donors (Lipinski definition) is 0. The fraction of sp³-hybridized carbons (Fsp3) is 0.632. The molecule has 1 aromatic rings. The first-order valence-electron chi connectivity index (χ1n) is 8.24. The molecule has 0 radical (unpaired) electrons. The molecule has 1 saturated heterocycles. The van der Waals surface area contributed by atoms with Gasteiger partial charge in [-0.1, -0.05) is 47.3 Å². The molecule has 1 aliphatic rings. The van der Waals surface area contributed by atoms with E-state index in [1.165, 1.54) is 11.3 Å². The van der Waals surface area contributed by atoms with E-state index in [4.69, 9.17) is 4.74 Å². The Hall–Kier alpha value is -1.71. The van der Waals surface area contributed by atoms with Gasteiger partial charge in [-0.25, -0.2) is 4.79 Å². The Morgan fingerprint density at radius 2 is 1.61 bits per heavy atom. The Balaban J connectivity index is 0.00000264. The summed E-state index contributed by atoms with van der Waals surface area (Å²) in [6, 6.07) is 8.76. The van der Waals surface area contributed by atoms with Gasteiger partial charge in [0.2, 0.25) is 0 Å². The Morgan fingerprint density at radius 3 is 2.09 bits per heavy atom. The first-order chi connectivity index (χ1) is 10.5. The number of ether oxygens (including phenoxy) is 1. The van der Waals surface area contributed by atoms with E-state index < -0.39 is 0 Å². The molecule has 4 nitrogen and oxygen atoms in total. The SMILES string of the molecule is C.CC(C)COC(=O)N1CCN(c2ccc(C(C)C)cc2)CC1. The van der Waals surface area contributed by atoms with E-state index in [2.05, 4.69) is 43.0 Å². The lowest BCUT2D eigenvalue weighted by molar-refractivity contribution is 0.0901. The van der Waals surface area contributed by atoms with Crippen LogP contribution in [0.25, 0.3) is 0 Å². The lowest BCUT2D eigenvalue weighted by Gasteiger charge is -2.35. The summed E-state index contributed by atoms with van der Waals surface area (Å²) in [7, 11) is 0. The number of hydrogen-bond acceptors (Lipinski definition) is 3. The second kappa shape index (κ2) is 8.80. The quantitative estimate of drug-likeness (QED) is 0.826. The maximum Gasteiger partial charge on any atom is 0.409 e. The highest BCUT2D eigenvalue weighted by Gasteiger charge is 2.22. The molecule has 130 valence electrons. The second-order valence-corrected chi connectivity index (χ2v) is 6.69. The normalized spacial score (nSPS) is 14.9. The van der Waals surface area contributed by atoms with Crippen molar-refractivity contribution >= 4 is 11.8 Å². The molecule has 0 aliphatic carbocycles. The lowest BCUT2D eigenvalue weighted by Crippen LogP contribution is -2.49. The molecule has 1 amide bonds. The zero-order valence-electron chi connectivity index (χ0n) is 14.2. The third-order valence-electron chi connectivity index (χ3n) is 4.00. The van der Waals surface area contributed by atoms with Crippen LogP contribution in [0.1, 0.15) is 46.6 Å². The van der Waals surface area contributed by atoms with E-state index in [-0.39, 0.29) is 13.5 Å². The van der Waals surface area contributed by atoms with Gasteiger partial charge in [-0.05, 0) is 29.5 Å². The Kier molecular flexibility index (Phi) is 7.40. The van der Waals surface area contributed by atoms with Crippen molar-refractivity contribution in [2.24, 2.45) is 5.92 Å². The van der Waals surface area contributed by atoms with E-state index in [9.17, 15) is 4.79 Å². The predicted octanol–water partition coefficient (Wildman–Crippen LogP) is 4.36. The number of anilines is 1. The summed E-state index contributed by atoms with van der Waals surface area (Å²) in [5.74, 6) is 0.936. The third-order valence-corrected chi connectivity index (χ3v) is 4.00. The van der Waals surface area contributed by atoms with Gasteiger partial charge in [0.05, 0.1) is 6.61 Å². The standard InChI is InChI=1S/C18H28N2O2.CH4/c1-14(2)13-22-18(21)20-11-9-19(10-12-20)17-7-5-16(6-8-17)15(3)4;/h5-8,14-15H,9-13H2,1-4H3;1H4. The average molecular weight is 320 g/mol. The summed E-state index contributed by atoms with van der Waals surface area (Å²) in [4.78, 5) is 16.1. The van der Waals surface area contributed by atoms with E-state index in [0.717, 1.165) is 26.2 Å². The smallest absolute Gasteiger partial charge is 0.409 e. The Labute approximate surface area is 141 Å². The van der Waals surface area contributed by atoms with Crippen LogP contribution < -0.4 is 4.90 Å². The summed E-state index contributed by atoms with van der Waals surface area (Å²) < 4.78 is 5.29. The molecular weight excluding hydrogens is 288 g/mol. The van der Waals surface area contributed by atoms with E-state index in [1.54, 1.807) is 4.90 Å². The van der Waals surface area contributed by atoms with Gasteiger partial charge < -0.3 is 14.5 Å². The maximum atomic E-state index is 12.0. The van der Waals surface area contributed by atoms with E-state index >= 15 is 0 Å². The first-order valence-corrected chi connectivity index (χ1v) is 8.24. The molecule has 0 bridgehead atoms. The highest BCUT2D eigenvalue weighted by Crippen LogP contribution is 2.21. The molecule has 1 aliphatic heterocycles. The molecule has 0 spiro atoms. The molecule has 1 heterocycles. The second-order valence-electron chi connectivity index (χ2n) is 6.69. The maximum absolute atomic E-state index is 12.0. The van der Waals surface area contributed by atoms with Crippen LogP contribution in [-0.2, 0) is 4.74 Å². The van der Waals surface area contributed by atoms with Crippen LogP contribution >= 0.6 is 0 Å². The molecule has 0 unspecified atom stereocenters. The van der Waals surface area contributed by atoms with E-state index in [0.29, 0.717) is 18.4 Å². The monoisotopic (exact) mass is 320 g/mol. The fourth-order valence-corrected chi connectivity index (χ4v) is 2.55. The van der Waals surface area contributed by atoms with E-state index in [1.807, 2.05) is 13.8 Å². The van der Waals surface area contributed by atoms with Crippen LogP contribution in [0, 0.1) is 5.92 Å². The number of carbonyl (C=O) groups is 1. The summed E-state index contributed by atoms with van der Waals surface area (Å²) in [6.07, 6.45) is -0.177. The number of carbonyl (C=O) groups excluding carboxylic acids is 1. The van der Waals surface area contributed by atoms with Gasteiger partial charge in [0.15, 0.2) is 0 Å². The van der Waals surface area contributed by atoms with Crippen LogP contribution in [0.5, 0.6) is 0 Å². The van der Waals surface area contributed by atoms with Gasteiger partial charge in [0, 0.05) is 31.9 Å². The van der Waals surface area contributed by atoms with Gasteiger partial charge in [-0.15, -0.1) is 0 Å². The van der Waals surface area contributed by atoms with Gasteiger partial charge in [-0.2, -0.15) is 0 Å². The molecule has 0 N–H and O–H groups in total. The molecule has 4 heteroatoms. The molecule has 1 aromatic carbocycles. The number of nitrogens with zero attached hydrogens (tertiary/aromatic N) is 2. The Bertz CT molecular complexity index is 475. The summed E-state index contributed by atoms with van der Waals surface area (Å²) >= 11 is 0. The molecule has 0 aromatic heterocycles. The third kappa shape index (κ3) is 5.45. The molecular formula is C19H32N2O2.